The molecule has 0 atom stereocenters. The first kappa shape index (κ1) is 10.7. The van der Waals surface area contributed by atoms with Gasteiger partial charge in [0.1, 0.15) is 5.75 Å². The van der Waals surface area contributed by atoms with E-state index in [1.165, 1.54) is 4.57 Å². The predicted molar refractivity (Wildman–Crippen MR) is 65.0 cm³/mol. The Morgan fingerprint density at radius 3 is 2.62 bits per heavy atom. The standard InChI is InChI=1S/C13H15NO2/c1-4-11-12(15)9-6-5-8(2)7-10(9)13(16)14(11)3/h5-7,15H,4H2,1-3H3. The van der Waals surface area contributed by atoms with Crippen LogP contribution in [-0.2, 0) is 13.5 Å². The van der Waals surface area contributed by atoms with Crippen molar-refractivity contribution in [1.82, 2.24) is 4.57 Å². The number of hydrogen-bond acceptors (Lipinski definition) is 2. The molecule has 16 heavy (non-hydrogen) atoms. The third kappa shape index (κ3) is 1.40. The van der Waals surface area contributed by atoms with Crippen LogP contribution < -0.4 is 5.56 Å². The summed E-state index contributed by atoms with van der Waals surface area (Å²) in [5, 5.41) is 11.3. The minimum absolute atomic E-state index is 0.0478. The van der Waals surface area contributed by atoms with Crippen molar-refractivity contribution in [1.29, 1.82) is 0 Å². The minimum Gasteiger partial charge on any atom is -0.505 e. The van der Waals surface area contributed by atoms with Crippen molar-refractivity contribution < 1.29 is 5.11 Å². The number of aryl methyl sites for hydroxylation is 1. The van der Waals surface area contributed by atoms with Gasteiger partial charge in [0.05, 0.1) is 11.1 Å². The van der Waals surface area contributed by atoms with Crippen LogP contribution in [0, 0.1) is 6.92 Å². The highest BCUT2D eigenvalue weighted by Gasteiger charge is 2.12. The number of pyridine rings is 1. The molecule has 1 aromatic carbocycles. The van der Waals surface area contributed by atoms with E-state index in [0.717, 1.165) is 5.56 Å². The summed E-state index contributed by atoms with van der Waals surface area (Å²) in [6.45, 7) is 3.86. The lowest BCUT2D eigenvalue weighted by Crippen LogP contribution is -2.20. The quantitative estimate of drug-likeness (QED) is 0.795. The highest BCUT2D eigenvalue weighted by atomic mass is 16.3. The third-order valence-electron chi connectivity index (χ3n) is 2.98. The van der Waals surface area contributed by atoms with Crippen molar-refractivity contribution in [3.8, 4) is 5.75 Å². The van der Waals surface area contributed by atoms with Crippen LogP contribution in [-0.4, -0.2) is 9.67 Å². The molecule has 0 spiro atoms. The fourth-order valence-corrected chi connectivity index (χ4v) is 2.06. The minimum atomic E-state index is -0.0478. The van der Waals surface area contributed by atoms with E-state index in [4.69, 9.17) is 0 Å². The molecular weight excluding hydrogens is 202 g/mol. The molecule has 1 N–H and O–H groups in total. The second-order valence-corrected chi connectivity index (χ2v) is 4.06. The van der Waals surface area contributed by atoms with Crippen molar-refractivity contribution >= 4 is 10.8 Å². The van der Waals surface area contributed by atoms with Crippen molar-refractivity contribution in [3.63, 3.8) is 0 Å². The average molecular weight is 217 g/mol. The van der Waals surface area contributed by atoms with Crippen molar-refractivity contribution in [2.24, 2.45) is 7.05 Å². The van der Waals surface area contributed by atoms with E-state index in [-0.39, 0.29) is 11.3 Å². The number of rotatable bonds is 1. The fraction of sp³-hybridized carbons (Fsp3) is 0.308. The number of aromatic nitrogens is 1. The van der Waals surface area contributed by atoms with Gasteiger partial charge >= 0.3 is 0 Å². The second-order valence-electron chi connectivity index (χ2n) is 4.06. The summed E-state index contributed by atoms with van der Waals surface area (Å²) in [5.74, 6) is 0.222. The number of hydrogen-bond donors (Lipinski definition) is 1. The summed E-state index contributed by atoms with van der Waals surface area (Å²) in [4.78, 5) is 12.1. The second kappa shape index (κ2) is 3.67. The maximum Gasteiger partial charge on any atom is 0.258 e. The summed E-state index contributed by atoms with van der Waals surface area (Å²) in [7, 11) is 1.70. The van der Waals surface area contributed by atoms with Gasteiger partial charge in [0, 0.05) is 12.4 Å². The molecule has 0 unspecified atom stereocenters. The van der Waals surface area contributed by atoms with Crippen LogP contribution in [0.15, 0.2) is 23.0 Å². The molecule has 3 nitrogen and oxygen atoms in total. The maximum absolute atomic E-state index is 12.1. The summed E-state index contributed by atoms with van der Waals surface area (Å²) in [5.41, 5.74) is 1.66. The van der Waals surface area contributed by atoms with E-state index in [1.807, 2.05) is 26.0 Å². The molecule has 0 saturated heterocycles. The monoisotopic (exact) mass is 217 g/mol. The van der Waals surface area contributed by atoms with Crippen LogP contribution in [0.25, 0.3) is 10.8 Å². The van der Waals surface area contributed by atoms with E-state index >= 15 is 0 Å². The van der Waals surface area contributed by atoms with Crippen molar-refractivity contribution in [3.05, 3.63) is 39.8 Å². The van der Waals surface area contributed by atoms with Gasteiger partial charge in [0.15, 0.2) is 0 Å². The van der Waals surface area contributed by atoms with Gasteiger partial charge in [0.25, 0.3) is 5.56 Å². The van der Waals surface area contributed by atoms with Gasteiger partial charge in [-0.25, -0.2) is 0 Å². The van der Waals surface area contributed by atoms with Gasteiger partial charge in [0.2, 0.25) is 0 Å². The highest BCUT2D eigenvalue weighted by molar-refractivity contribution is 5.88. The lowest BCUT2D eigenvalue weighted by molar-refractivity contribution is 0.465. The van der Waals surface area contributed by atoms with Crippen LogP contribution in [0.3, 0.4) is 0 Å². The summed E-state index contributed by atoms with van der Waals surface area (Å²) >= 11 is 0. The highest BCUT2D eigenvalue weighted by Crippen LogP contribution is 2.26. The molecule has 2 rings (SSSR count). The molecule has 2 aromatic rings. The Bertz CT molecular complexity index is 611. The van der Waals surface area contributed by atoms with Crippen LogP contribution >= 0.6 is 0 Å². The van der Waals surface area contributed by atoms with Crippen LogP contribution in [0.5, 0.6) is 5.75 Å². The van der Waals surface area contributed by atoms with Gasteiger partial charge in [-0.1, -0.05) is 24.6 Å². The van der Waals surface area contributed by atoms with E-state index < -0.39 is 0 Å². The van der Waals surface area contributed by atoms with Gasteiger partial charge in [-0.2, -0.15) is 0 Å². The van der Waals surface area contributed by atoms with Crippen LogP contribution in [0.4, 0.5) is 0 Å². The molecule has 0 radical (unpaired) electrons. The molecule has 1 heterocycles. The van der Waals surface area contributed by atoms with Gasteiger partial charge in [-0.15, -0.1) is 0 Å². The largest absolute Gasteiger partial charge is 0.505 e. The predicted octanol–water partition coefficient (Wildman–Crippen LogP) is 2.11. The van der Waals surface area contributed by atoms with E-state index in [9.17, 15) is 9.90 Å². The number of fused-ring (bicyclic) bond motifs is 1. The first-order chi connectivity index (χ1) is 7.56. The van der Waals surface area contributed by atoms with E-state index in [2.05, 4.69) is 0 Å². The van der Waals surface area contributed by atoms with E-state index in [0.29, 0.717) is 22.9 Å². The van der Waals surface area contributed by atoms with Gasteiger partial charge in [-0.3, -0.25) is 4.79 Å². The smallest absolute Gasteiger partial charge is 0.258 e. The Hall–Kier alpha value is -1.77. The Balaban J connectivity index is 3.02. The summed E-state index contributed by atoms with van der Waals surface area (Å²) in [6, 6.07) is 5.53. The van der Waals surface area contributed by atoms with Gasteiger partial charge in [-0.05, 0) is 19.4 Å². The summed E-state index contributed by atoms with van der Waals surface area (Å²) in [6.07, 6.45) is 0.640. The third-order valence-corrected chi connectivity index (χ3v) is 2.98. The van der Waals surface area contributed by atoms with Crippen LogP contribution in [0.1, 0.15) is 18.2 Å². The zero-order valence-electron chi connectivity index (χ0n) is 9.74. The molecule has 0 aliphatic heterocycles. The molecule has 0 aliphatic carbocycles. The molecule has 0 amide bonds. The molecular formula is C13H15NO2. The molecule has 0 bridgehead atoms. The maximum atomic E-state index is 12.1. The number of aromatic hydroxyl groups is 1. The Morgan fingerprint density at radius 2 is 2.00 bits per heavy atom. The number of benzene rings is 1. The molecule has 0 aliphatic rings. The van der Waals surface area contributed by atoms with Crippen molar-refractivity contribution in [2.75, 3.05) is 0 Å². The fourth-order valence-electron chi connectivity index (χ4n) is 2.06. The average Bonchev–Trinajstić information content (AvgIpc) is 2.27. The Kier molecular flexibility index (Phi) is 2.46. The zero-order valence-corrected chi connectivity index (χ0v) is 9.74. The van der Waals surface area contributed by atoms with Gasteiger partial charge < -0.3 is 9.67 Å². The lowest BCUT2D eigenvalue weighted by atomic mass is 10.1. The normalized spacial score (nSPS) is 10.9. The molecule has 1 aromatic heterocycles. The van der Waals surface area contributed by atoms with Crippen LogP contribution in [0.2, 0.25) is 0 Å². The zero-order chi connectivity index (χ0) is 11.9. The van der Waals surface area contributed by atoms with E-state index in [1.54, 1.807) is 13.1 Å². The topological polar surface area (TPSA) is 42.2 Å². The molecule has 0 fully saturated rings. The lowest BCUT2D eigenvalue weighted by Gasteiger charge is -2.11. The molecule has 84 valence electrons. The Morgan fingerprint density at radius 1 is 1.31 bits per heavy atom. The Labute approximate surface area is 94.0 Å². The van der Waals surface area contributed by atoms with Crippen molar-refractivity contribution in [2.45, 2.75) is 20.3 Å². The first-order valence-corrected chi connectivity index (χ1v) is 5.37. The molecule has 3 heteroatoms. The number of nitrogens with zero attached hydrogens (tertiary/aromatic N) is 1. The SMILES string of the molecule is CCc1c(O)c2ccc(C)cc2c(=O)n1C. The molecule has 0 saturated carbocycles. The summed E-state index contributed by atoms with van der Waals surface area (Å²) < 4.78 is 1.52. The first-order valence-electron chi connectivity index (χ1n) is 5.37.